The van der Waals surface area contributed by atoms with Crippen LogP contribution in [0.5, 0.6) is 0 Å². The van der Waals surface area contributed by atoms with Crippen LogP contribution in [0.15, 0.2) is 18.5 Å². The molecular weight excluding hydrogens is 221 g/mol. The molecule has 0 radical (unpaired) electrons. The third-order valence-corrected chi connectivity index (χ3v) is 2.98. The van der Waals surface area contributed by atoms with Crippen molar-refractivity contribution < 1.29 is 9.18 Å². The molecule has 1 N–H and O–H groups in total. The number of piperidine rings is 1. The Balaban J connectivity index is 1.84. The molecule has 2 heterocycles. The van der Waals surface area contributed by atoms with E-state index in [1.54, 1.807) is 18.1 Å². The standard InChI is InChI=1S/C12H16FN3O/c1-16-8-11(2-3-12(16)17)15-6-9-4-10(13)7-14-5-9/h4-5,7,11,15H,2-3,6,8H2,1H3. The Morgan fingerprint density at radius 2 is 2.41 bits per heavy atom. The third kappa shape index (κ3) is 3.23. The highest BCUT2D eigenvalue weighted by Gasteiger charge is 2.22. The average Bonchev–Trinajstić information content (AvgIpc) is 2.31. The van der Waals surface area contributed by atoms with Crippen molar-refractivity contribution in [3.63, 3.8) is 0 Å². The van der Waals surface area contributed by atoms with Gasteiger partial charge in [0.25, 0.3) is 0 Å². The van der Waals surface area contributed by atoms with Gasteiger partial charge in [0.05, 0.1) is 6.20 Å². The quantitative estimate of drug-likeness (QED) is 0.850. The van der Waals surface area contributed by atoms with Gasteiger partial charge in [0, 0.05) is 38.8 Å². The van der Waals surface area contributed by atoms with Crippen LogP contribution in [0.2, 0.25) is 0 Å². The molecule has 1 atom stereocenters. The Morgan fingerprint density at radius 3 is 3.12 bits per heavy atom. The van der Waals surface area contributed by atoms with Crippen molar-refractivity contribution >= 4 is 5.91 Å². The van der Waals surface area contributed by atoms with Crippen molar-refractivity contribution in [2.45, 2.75) is 25.4 Å². The Hall–Kier alpha value is -1.49. The summed E-state index contributed by atoms with van der Waals surface area (Å²) in [7, 11) is 1.81. The topological polar surface area (TPSA) is 45.2 Å². The minimum absolute atomic E-state index is 0.190. The van der Waals surface area contributed by atoms with E-state index in [9.17, 15) is 9.18 Å². The van der Waals surface area contributed by atoms with Crippen LogP contribution in [0, 0.1) is 5.82 Å². The maximum absolute atomic E-state index is 12.9. The highest BCUT2D eigenvalue weighted by atomic mass is 19.1. The number of hydrogen-bond acceptors (Lipinski definition) is 3. The molecule has 1 saturated heterocycles. The molecule has 17 heavy (non-hydrogen) atoms. The van der Waals surface area contributed by atoms with Crippen LogP contribution in [-0.2, 0) is 11.3 Å². The van der Waals surface area contributed by atoms with Gasteiger partial charge < -0.3 is 10.2 Å². The van der Waals surface area contributed by atoms with Gasteiger partial charge in [-0.1, -0.05) is 0 Å². The fourth-order valence-corrected chi connectivity index (χ4v) is 1.99. The van der Waals surface area contributed by atoms with Gasteiger partial charge in [0.15, 0.2) is 0 Å². The second-order valence-electron chi connectivity index (χ2n) is 4.40. The number of rotatable bonds is 3. The molecule has 1 fully saturated rings. The van der Waals surface area contributed by atoms with E-state index < -0.39 is 0 Å². The minimum Gasteiger partial charge on any atom is -0.344 e. The monoisotopic (exact) mass is 237 g/mol. The van der Waals surface area contributed by atoms with E-state index in [4.69, 9.17) is 0 Å². The van der Waals surface area contributed by atoms with Gasteiger partial charge in [-0.15, -0.1) is 0 Å². The van der Waals surface area contributed by atoms with E-state index in [-0.39, 0.29) is 17.8 Å². The first kappa shape index (κ1) is 12.0. The van der Waals surface area contributed by atoms with E-state index in [2.05, 4.69) is 10.3 Å². The number of hydrogen-bond donors (Lipinski definition) is 1. The number of nitrogens with zero attached hydrogens (tertiary/aromatic N) is 2. The van der Waals surface area contributed by atoms with E-state index in [1.807, 2.05) is 0 Å². The zero-order valence-corrected chi connectivity index (χ0v) is 9.82. The number of likely N-dealkylation sites (N-methyl/N-ethyl adjacent to an activating group) is 1. The molecule has 92 valence electrons. The molecule has 0 saturated carbocycles. The lowest BCUT2D eigenvalue weighted by atomic mass is 10.1. The molecule has 0 aliphatic carbocycles. The zero-order chi connectivity index (χ0) is 12.3. The summed E-state index contributed by atoms with van der Waals surface area (Å²) < 4.78 is 12.9. The molecule has 4 nitrogen and oxygen atoms in total. The van der Waals surface area contributed by atoms with E-state index in [1.165, 1.54) is 12.3 Å². The lowest BCUT2D eigenvalue weighted by Gasteiger charge is -2.30. The Kier molecular flexibility index (Phi) is 3.68. The van der Waals surface area contributed by atoms with Gasteiger partial charge in [-0.2, -0.15) is 0 Å². The number of carbonyl (C=O) groups is 1. The molecular formula is C12H16FN3O. The Labute approximate surface area is 99.8 Å². The second kappa shape index (κ2) is 5.23. The Morgan fingerprint density at radius 1 is 1.59 bits per heavy atom. The van der Waals surface area contributed by atoms with Crippen LogP contribution in [0.3, 0.4) is 0 Å². The van der Waals surface area contributed by atoms with Crippen molar-refractivity contribution in [3.8, 4) is 0 Å². The fraction of sp³-hybridized carbons (Fsp3) is 0.500. The molecule has 1 aromatic heterocycles. The summed E-state index contributed by atoms with van der Waals surface area (Å²) in [6.45, 7) is 1.29. The second-order valence-corrected chi connectivity index (χ2v) is 4.40. The lowest BCUT2D eigenvalue weighted by molar-refractivity contribution is -0.132. The van der Waals surface area contributed by atoms with Gasteiger partial charge in [-0.25, -0.2) is 4.39 Å². The van der Waals surface area contributed by atoms with Gasteiger partial charge >= 0.3 is 0 Å². The Bertz CT molecular complexity index is 410. The molecule has 0 bridgehead atoms. The van der Waals surface area contributed by atoms with Crippen LogP contribution in [0.4, 0.5) is 4.39 Å². The average molecular weight is 237 g/mol. The highest BCUT2D eigenvalue weighted by Crippen LogP contribution is 2.10. The van der Waals surface area contributed by atoms with Crippen LogP contribution in [-0.4, -0.2) is 35.4 Å². The number of nitrogens with one attached hydrogen (secondary N) is 1. The van der Waals surface area contributed by atoms with E-state index >= 15 is 0 Å². The first-order chi connectivity index (χ1) is 8.15. The van der Waals surface area contributed by atoms with Crippen LogP contribution < -0.4 is 5.32 Å². The zero-order valence-electron chi connectivity index (χ0n) is 9.82. The summed E-state index contributed by atoms with van der Waals surface area (Å²) >= 11 is 0. The smallest absolute Gasteiger partial charge is 0.222 e. The molecule has 2 rings (SSSR count). The molecule has 1 unspecified atom stereocenters. The molecule has 0 aromatic carbocycles. The van der Waals surface area contributed by atoms with Gasteiger partial charge in [-0.3, -0.25) is 9.78 Å². The number of likely N-dealkylation sites (tertiary alicyclic amines) is 1. The SMILES string of the molecule is CN1CC(NCc2cncc(F)c2)CCC1=O. The summed E-state index contributed by atoms with van der Waals surface area (Å²) in [5.41, 5.74) is 0.824. The first-order valence-electron chi connectivity index (χ1n) is 5.72. The van der Waals surface area contributed by atoms with Crippen molar-refractivity contribution in [2.24, 2.45) is 0 Å². The van der Waals surface area contributed by atoms with Crippen LogP contribution in [0.25, 0.3) is 0 Å². The molecule has 1 aromatic rings. The predicted molar refractivity (Wildman–Crippen MR) is 61.7 cm³/mol. The van der Waals surface area contributed by atoms with Crippen molar-refractivity contribution in [1.82, 2.24) is 15.2 Å². The molecule has 1 aliphatic heterocycles. The molecule has 1 aliphatic rings. The van der Waals surface area contributed by atoms with Crippen molar-refractivity contribution in [2.75, 3.05) is 13.6 Å². The number of amides is 1. The maximum Gasteiger partial charge on any atom is 0.222 e. The predicted octanol–water partition coefficient (Wildman–Crippen LogP) is 0.931. The summed E-state index contributed by atoms with van der Waals surface area (Å²) in [6, 6.07) is 1.75. The fourth-order valence-electron chi connectivity index (χ4n) is 1.99. The summed E-state index contributed by atoms with van der Waals surface area (Å²) in [5.74, 6) is -0.129. The van der Waals surface area contributed by atoms with E-state index in [0.29, 0.717) is 19.5 Å². The molecule has 1 amide bonds. The van der Waals surface area contributed by atoms with Gasteiger partial charge in [-0.05, 0) is 18.1 Å². The first-order valence-corrected chi connectivity index (χ1v) is 5.72. The van der Waals surface area contributed by atoms with Crippen LogP contribution >= 0.6 is 0 Å². The van der Waals surface area contributed by atoms with E-state index in [0.717, 1.165) is 12.0 Å². The number of carbonyl (C=O) groups excluding carboxylic acids is 1. The summed E-state index contributed by atoms with van der Waals surface area (Å²) in [4.78, 5) is 16.8. The largest absolute Gasteiger partial charge is 0.344 e. The van der Waals surface area contributed by atoms with Crippen molar-refractivity contribution in [3.05, 3.63) is 29.8 Å². The lowest BCUT2D eigenvalue weighted by Crippen LogP contribution is -2.46. The molecule has 5 heteroatoms. The van der Waals surface area contributed by atoms with Gasteiger partial charge in [0.2, 0.25) is 5.91 Å². The molecule has 0 spiro atoms. The van der Waals surface area contributed by atoms with Gasteiger partial charge in [0.1, 0.15) is 5.82 Å². The summed E-state index contributed by atoms with van der Waals surface area (Å²) in [6.07, 6.45) is 4.26. The number of pyridine rings is 1. The minimum atomic E-state index is -0.319. The summed E-state index contributed by atoms with van der Waals surface area (Å²) in [5, 5.41) is 3.32. The number of halogens is 1. The highest BCUT2D eigenvalue weighted by molar-refractivity contribution is 5.76. The third-order valence-electron chi connectivity index (χ3n) is 2.98. The number of aromatic nitrogens is 1. The van der Waals surface area contributed by atoms with Crippen LogP contribution in [0.1, 0.15) is 18.4 Å². The normalized spacial score (nSPS) is 20.7. The van der Waals surface area contributed by atoms with Crippen molar-refractivity contribution in [1.29, 1.82) is 0 Å². The maximum atomic E-state index is 12.9.